The summed E-state index contributed by atoms with van der Waals surface area (Å²) < 4.78 is 5.20. The smallest absolute Gasteiger partial charge is 0.326 e. The quantitative estimate of drug-likeness (QED) is 0.752. The maximum Gasteiger partial charge on any atom is 0.326 e. The molecule has 2 N–H and O–H groups in total. The van der Waals surface area contributed by atoms with Crippen LogP contribution in [0, 0.1) is 18.3 Å². The summed E-state index contributed by atoms with van der Waals surface area (Å²) in [7, 11) is 0. The van der Waals surface area contributed by atoms with Gasteiger partial charge in [0.15, 0.2) is 0 Å². The van der Waals surface area contributed by atoms with Crippen LogP contribution >= 0.6 is 0 Å². The lowest BCUT2D eigenvalue weighted by Gasteiger charge is -2.20. The van der Waals surface area contributed by atoms with Crippen molar-refractivity contribution < 1.29 is 19.4 Å². The average Bonchev–Trinajstić information content (AvgIpc) is 2.49. The van der Waals surface area contributed by atoms with Crippen LogP contribution < -0.4 is 10.1 Å². The lowest BCUT2D eigenvalue weighted by atomic mass is 9.99. The monoisotopic (exact) mass is 289 g/mol. The van der Waals surface area contributed by atoms with Gasteiger partial charge in [-0.15, -0.1) is 6.42 Å². The summed E-state index contributed by atoms with van der Waals surface area (Å²) in [6.45, 7) is 3.82. The van der Waals surface area contributed by atoms with E-state index in [4.69, 9.17) is 16.3 Å². The number of carboxylic acids is 1. The van der Waals surface area contributed by atoms with E-state index >= 15 is 0 Å². The second-order valence-corrected chi connectivity index (χ2v) is 4.69. The molecule has 0 saturated carbocycles. The summed E-state index contributed by atoms with van der Waals surface area (Å²) in [5, 5.41) is 11.7. The Balaban J connectivity index is 2.74. The molecule has 0 fully saturated rings. The number of aliphatic carboxylic acids is 1. The number of rotatable bonds is 7. The van der Waals surface area contributed by atoms with Crippen LogP contribution in [0.4, 0.5) is 0 Å². The molecule has 0 unspecified atom stereocenters. The number of amides is 1. The summed E-state index contributed by atoms with van der Waals surface area (Å²) in [5.74, 6) is 1.29. The van der Waals surface area contributed by atoms with Crippen molar-refractivity contribution in [3.05, 3.63) is 29.8 Å². The van der Waals surface area contributed by atoms with Crippen LogP contribution in [-0.4, -0.2) is 29.6 Å². The minimum Gasteiger partial charge on any atom is -0.481 e. The number of terminal acetylenes is 1. The van der Waals surface area contributed by atoms with E-state index in [0.717, 1.165) is 0 Å². The second-order valence-electron chi connectivity index (χ2n) is 4.69. The second kappa shape index (κ2) is 7.95. The van der Waals surface area contributed by atoms with E-state index in [1.165, 1.54) is 0 Å². The molecule has 0 spiro atoms. The van der Waals surface area contributed by atoms with Crippen molar-refractivity contribution in [2.45, 2.75) is 26.3 Å². The van der Waals surface area contributed by atoms with E-state index < -0.39 is 17.9 Å². The molecule has 0 bridgehead atoms. The van der Waals surface area contributed by atoms with E-state index in [1.807, 2.05) is 6.92 Å². The van der Waals surface area contributed by atoms with Gasteiger partial charge in [0, 0.05) is 5.56 Å². The number of hydrogen-bond acceptors (Lipinski definition) is 3. The molecule has 5 heteroatoms. The molecule has 1 rings (SSSR count). The van der Waals surface area contributed by atoms with Crippen LogP contribution in [-0.2, 0) is 4.79 Å². The van der Waals surface area contributed by atoms with E-state index in [-0.39, 0.29) is 12.5 Å². The van der Waals surface area contributed by atoms with Crippen LogP contribution in [0.5, 0.6) is 5.75 Å². The highest BCUT2D eigenvalue weighted by atomic mass is 16.5. The predicted molar refractivity (Wildman–Crippen MR) is 79.1 cm³/mol. The molecule has 0 saturated heterocycles. The number of carbonyl (C=O) groups is 2. The molecule has 5 nitrogen and oxygen atoms in total. The fraction of sp³-hybridized carbons (Fsp3) is 0.375. The fourth-order valence-corrected chi connectivity index (χ4v) is 1.74. The Kier molecular flexibility index (Phi) is 6.28. The third-order valence-electron chi connectivity index (χ3n) is 3.20. The minimum absolute atomic E-state index is 0.148. The molecule has 0 aliphatic carbocycles. The van der Waals surface area contributed by atoms with E-state index in [1.54, 1.807) is 31.2 Å². The van der Waals surface area contributed by atoms with Gasteiger partial charge in [-0.05, 0) is 30.2 Å². The topological polar surface area (TPSA) is 75.6 Å². The number of carboxylic acid groups (broad SMARTS) is 1. The Morgan fingerprint density at radius 3 is 2.48 bits per heavy atom. The van der Waals surface area contributed by atoms with Crippen molar-refractivity contribution in [1.29, 1.82) is 0 Å². The summed E-state index contributed by atoms with van der Waals surface area (Å²) in [6, 6.07) is 5.46. The zero-order chi connectivity index (χ0) is 15.8. The molecular formula is C16H19NO4. The highest BCUT2D eigenvalue weighted by Crippen LogP contribution is 2.13. The van der Waals surface area contributed by atoms with Gasteiger partial charge < -0.3 is 15.2 Å². The van der Waals surface area contributed by atoms with Gasteiger partial charge in [0.05, 0.1) is 0 Å². The predicted octanol–water partition coefficient (Wildman–Crippen LogP) is 1.93. The number of ether oxygens (including phenoxy) is 1. The Bertz CT molecular complexity index is 530. The summed E-state index contributed by atoms with van der Waals surface area (Å²) in [6.07, 6.45) is 5.75. The number of hydrogen-bond donors (Lipinski definition) is 2. The normalized spacial score (nSPS) is 12.8. The largest absolute Gasteiger partial charge is 0.481 e. The molecule has 0 aliphatic heterocycles. The van der Waals surface area contributed by atoms with Crippen molar-refractivity contribution >= 4 is 11.9 Å². The highest BCUT2D eigenvalue weighted by molar-refractivity contribution is 5.96. The molecule has 0 heterocycles. The zero-order valence-electron chi connectivity index (χ0n) is 12.1. The lowest BCUT2D eigenvalue weighted by Crippen LogP contribution is -2.45. The number of carbonyl (C=O) groups excluding carboxylic acids is 1. The Morgan fingerprint density at radius 2 is 2.00 bits per heavy atom. The first kappa shape index (κ1) is 16.6. The first-order chi connectivity index (χ1) is 9.99. The Labute approximate surface area is 124 Å². The summed E-state index contributed by atoms with van der Waals surface area (Å²) in [5.41, 5.74) is 0.373. The summed E-state index contributed by atoms with van der Waals surface area (Å²) in [4.78, 5) is 23.2. The Hall–Kier alpha value is -2.48. The average molecular weight is 289 g/mol. The van der Waals surface area contributed by atoms with Crippen LogP contribution in [0.1, 0.15) is 30.6 Å². The van der Waals surface area contributed by atoms with Gasteiger partial charge in [-0.25, -0.2) is 4.79 Å². The van der Waals surface area contributed by atoms with Crippen LogP contribution in [0.25, 0.3) is 0 Å². The third-order valence-corrected chi connectivity index (χ3v) is 3.20. The van der Waals surface area contributed by atoms with Gasteiger partial charge >= 0.3 is 5.97 Å². The maximum absolute atomic E-state index is 12.1. The molecule has 1 aromatic carbocycles. The number of benzene rings is 1. The first-order valence-electron chi connectivity index (χ1n) is 6.69. The molecule has 0 aliphatic rings. The minimum atomic E-state index is -1.04. The molecule has 1 amide bonds. The van der Waals surface area contributed by atoms with E-state index in [9.17, 15) is 9.59 Å². The highest BCUT2D eigenvalue weighted by Gasteiger charge is 2.25. The van der Waals surface area contributed by atoms with Gasteiger partial charge in [-0.3, -0.25) is 4.79 Å². The fourth-order valence-electron chi connectivity index (χ4n) is 1.74. The van der Waals surface area contributed by atoms with Gasteiger partial charge in [-0.2, -0.15) is 0 Å². The molecule has 21 heavy (non-hydrogen) atoms. The lowest BCUT2D eigenvalue weighted by molar-refractivity contribution is -0.140. The van der Waals surface area contributed by atoms with Crippen molar-refractivity contribution in [2.75, 3.05) is 6.61 Å². The SMILES string of the molecule is C#CCOc1ccc(C(=O)N[C@H](C(=O)O)[C@@H](C)CC)cc1. The van der Waals surface area contributed by atoms with Crippen molar-refractivity contribution in [2.24, 2.45) is 5.92 Å². The number of nitrogens with one attached hydrogen (secondary N) is 1. The van der Waals surface area contributed by atoms with Gasteiger partial charge in [0.25, 0.3) is 5.91 Å². The molecule has 0 aromatic heterocycles. The Morgan fingerprint density at radius 1 is 1.38 bits per heavy atom. The van der Waals surface area contributed by atoms with Gasteiger partial charge in [0.2, 0.25) is 0 Å². The van der Waals surface area contributed by atoms with Crippen molar-refractivity contribution in [3.8, 4) is 18.1 Å². The van der Waals surface area contributed by atoms with Crippen LogP contribution in [0.3, 0.4) is 0 Å². The standard InChI is InChI=1S/C16H19NO4/c1-4-10-21-13-8-6-12(7-9-13)15(18)17-14(16(19)20)11(3)5-2/h1,6-9,11,14H,5,10H2,2-3H3,(H,17,18)(H,19,20)/t11-,14-/m0/s1. The van der Waals surface area contributed by atoms with Gasteiger partial charge in [-0.1, -0.05) is 26.2 Å². The van der Waals surface area contributed by atoms with Crippen molar-refractivity contribution in [3.63, 3.8) is 0 Å². The molecule has 1 aromatic rings. The molecular weight excluding hydrogens is 270 g/mol. The first-order valence-corrected chi connectivity index (χ1v) is 6.69. The van der Waals surface area contributed by atoms with Crippen LogP contribution in [0.2, 0.25) is 0 Å². The van der Waals surface area contributed by atoms with Crippen molar-refractivity contribution in [1.82, 2.24) is 5.32 Å². The molecule has 2 atom stereocenters. The maximum atomic E-state index is 12.1. The summed E-state index contributed by atoms with van der Waals surface area (Å²) >= 11 is 0. The van der Waals surface area contributed by atoms with Crippen LogP contribution in [0.15, 0.2) is 24.3 Å². The molecule has 0 radical (unpaired) electrons. The van der Waals surface area contributed by atoms with Gasteiger partial charge in [0.1, 0.15) is 18.4 Å². The van der Waals surface area contributed by atoms with E-state index in [2.05, 4.69) is 11.2 Å². The third kappa shape index (κ3) is 4.84. The van der Waals surface area contributed by atoms with E-state index in [0.29, 0.717) is 17.7 Å². The zero-order valence-corrected chi connectivity index (χ0v) is 12.1. The molecule has 112 valence electrons.